The van der Waals surface area contributed by atoms with Gasteiger partial charge in [-0.15, -0.1) is 0 Å². The second-order valence-corrected chi connectivity index (χ2v) is 4.40. The smallest absolute Gasteiger partial charge is 0.311 e. The van der Waals surface area contributed by atoms with Crippen LogP contribution < -0.4 is 0 Å². The van der Waals surface area contributed by atoms with E-state index in [1.807, 2.05) is 42.5 Å². The number of carboxylic acid groups (broad SMARTS) is 1. The summed E-state index contributed by atoms with van der Waals surface area (Å²) in [5, 5.41) is 11.0. The highest BCUT2D eigenvalue weighted by Crippen LogP contribution is 2.26. The molecular formula is C16H12O3. The van der Waals surface area contributed by atoms with Crippen LogP contribution in [0.2, 0.25) is 0 Å². The van der Waals surface area contributed by atoms with Gasteiger partial charge in [0.2, 0.25) is 0 Å². The van der Waals surface area contributed by atoms with Crippen molar-refractivity contribution >= 4 is 16.7 Å². The average molecular weight is 252 g/mol. The Labute approximate surface area is 110 Å². The minimum absolute atomic E-state index is 0.0897. The lowest BCUT2D eigenvalue weighted by molar-refractivity contribution is -0.136. The molecule has 0 amide bonds. The van der Waals surface area contributed by atoms with Gasteiger partial charge in [-0.25, -0.2) is 0 Å². The molecule has 19 heavy (non-hydrogen) atoms. The van der Waals surface area contributed by atoms with Crippen molar-refractivity contribution in [2.45, 2.75) is 6.42 Å². The van der Waals surface area contributed by atoms with Crippen LogP contribution in [0.5, 0.6) is 0 Å². The van der Waals surface area contributed by atoms with E-state index in [0.29, 0.717) is 11.5 Å². The lowest BCUT2D eigenvalue weighted by Crippen LogP contribution is -1.97. The van der Waals surface area contributed by atoms with Gasteiger partial charge in [0.25, 0.3) is 0 Å². The van der Waals surface area contributed by atoms with Gasteiger partial charge in [0, 0.05) is 5.56 Å². The van der Waals surface area contributed by atoms with Crippen molar-refractivity contribution in [1.29, 1.82) is 0 Å². The monoisotopic (exact) mass is 252 g/mol. The standard InChI is InChI=1S/C16H12O3/c17-16(18)10-14-7-8-15(19-14)13-6-5-11-3-1-2-4-12(11)9-13/h1-9H,10H2,(H,17,18). The predicted molar refractivity (Wildman–Crippen MR) is 73.0 cm³/mol. The quantitative estimate of drug-likeness (QED) is 0.772. The third-order valence-electron chi connectivity index (χ3n) is 3.02. The summed E-state index contributed by atoms with van der Waals surface area (Å²) in [6.45, 7) is 0. The summed E-state index contributed by atoms with van der Waals surface area (Å²) in [7, 11) is 0. The number of hydrogen-bond donors (Lipinski definition) is 1. The molecule has 0 saturated carbocycles. The maximum atomic E-state index is 10.6. The Balaban J connectivity index is 1.99. The van der Waals surface area contributed by atoms with E-state index in [1.54, 1.807) is 6.07 Å². The number of carboxylic acids is 1. The summed E-state index contributed by atoms with van der Waals surface area (Å²) in [6.07, 6.45) is -0.0897. The van der Waals surface area contributed by atoms with Gasteiger partial charge in [-0.3, -0.25) is 4.79 Å². The highest BCUT2D eigenvalue weighted by molar-refractivity contribution is 5.86. The van der Waals surface area contributed by atoms with Crippen molar-refractivity contribution in [3.05, 3.63) is 60.4 Å². The average Bonchev–Trinajstić information content (AvgIpc) is 2.86. The van der Waals surface area contributed by atoms with Gasteiger partial charge in [0.05, 0.1) is 0 Å². The molecule has 0 fully saturated rings. The Morgan fingerprint density at radius 2 is 1.79 bits per heavy atom. The normalized spacial score (nSPS) is 10.7. The van der Waals surface area contributed by atoms with Crippen molar-refractivity contribution in [1.82, 2.24) is 0 Å². The van der Waals surface area contributed by atoms with Gasteiger partial charge in [0.1, 0.15) is 17.9 Å². The van der Waals surface area contributed by atoms with Crippen LogP contribution in [0.25, 0.3) is 22.1 Å². The molecule has 3 nitrogen and oxygen atoms in total. The van der Waals surface area contributed by atoms with Gasteiger partial charge < -0.3 is 9.52 Å². The Bertz CT molecular complexity index is 740. The van der Waals surface area contributed by atoms with Crippen molar-refractivity contribution in [3.63, 3.8) is 0 Å². The molecule has 0 aliphatic carbocycles. The van der Waals surface area contributed by atoms with Crippen LogP contribution in [-0.2, 0) is 11.2 Å². The summed E-state index contributed by atoms with van der Waals surface area (Å²) in [5.41, 5.74) is 0.954. The minimum Gasteiger partial charge on any atom is -0.481 e. The van der Waals surface area contributed by atoms with E-state index in [-0.39, 0.29) is 6.42 Å². The molecule has 0 unspecified atom stereocenters. The molecule has 0 aliphatic heterocycles. The number of carbonyl (C=O) groups is 1. The van der Waals surface area contributed by atoms with Gasteiger partial charge in [-0.05, 0) is 29.0 Å². The molecule has 0 radical (unpaired) electrons. The van der Waals surface area contributed by atoms with Crippen molar-refractivity contribution in [2.75, 3.05) is 0 Å². The number of benzene rings is 2. The van der Waals surface area contributed by atoms with Crippen LogP contribution in [0, 0.1) is 0 Å². The fraction of sp³-hybridized carbons (Fsp3) is 0.0625. The summed E-state index contributed by atoms with van der Waals surface area (Å²) in [6, 6.07) is 17.6. The van der Waals surface area contributed by atoms with Crippen molar-refractivity contribution in [3.8, 4) is 11.3 Å². The van der Waals surface area contributed by atoms with E-state index in [0.717, 1.165) is 10.9 Å². The third kappa shape index (κ3) is 2.36. The molecule has 0 saturated heterocycles. The van der Waals surface area contributed by atoms with Gasteiger partial charge in [0.15, 0.2) is 0 Å². The van der Waals surface area contributed by atoms with E-state index in [4.69, 9.17) is 9.52 Å². The summed E-state index contributed by atoms with van der Waals surface area (Å²) < 4.78 is 5.55. The number of fused-ring (bicyclic) bond motifs is 1. The highest BCUT2D eigenvalue weighted by atomic mass is 16.4. The van der Waals surface area contributed by atoms with Crippen LogP contribution in [-0.4, -0.2) is 11.1 Å². The van der Waals surface area contributed by atoms with Crippen LogP contribution in [0.15, 0.2) is 59.0 Å². The first-order valence-corrected chi connectivity index (χ1v) is 6.02. The molecule has 3 heteroatoms. The fourth-order valence-corrected chi connectivity index (χ4v) is 2.12. The first kappa shape index (κ1) is 11.5. The molecule has 0 spiro atoms. The Morgan fingerprint density at radius 1 is 1.00 bits per heavy atom. The summed E-state index contributed by atoms with van der Waals surface area (Å²) in [4.78, 5) is 10.6. The van der Waals surface area contributed by atoms with E-state index in [9.17, 15) is 4.79 Å². The Kier molecular flexibility index (Phi) is 2.80. The van der Waals surface area contributed by atoms with E-state index < -0.39 is 5.97 Å². The molecular weight excluding hydrogens is 240 g/mol. The topological polar surface area (TPSA) is 50.4 Å². The van der Waals surface area contributed by atoms with Crippen molar-refractivity contribution < 1.29 is 14.3 Å². The SMILES string of the molecule is O=C(O)Cc1ccc(-c2ccc3ccccc3c2)o1. The molecule has 3 rings (SSSR count). The zero-order valence-corrected chi connectivity index (χ0v) is 10.2. The molecule has 3 aromatic rings. The number of aliphatic carboxylic acids is 1. The second-order valence-electron chi connectivity index (χ2n) is 4.40. The zero-order valence-electron chi connectivity index (χ0n) is 10.2. The molecule has 2 aromatic carbocycles. The first-order chi connectivity index (χ1) is 9.22. The third-order valence-corrected chi connectivity index (χ3v) is 3.02. The maximum Gasteiger partial charge on any atom is 0.311 e. The van der Waals surface area contributed by atoms with Gasteiger partial charge in [-0.2, -0.15) is 0 Å². The molecule has 1 heterocycles. The van der Waals surface area contributed by atoms with E-state index >= 15 is 0 Å². The second kappa shape index (κ2) is 4.61. The lowest BCUT2D eigenvalue weighted by atomic mass is 10.1. The fourth-order valence-electron chi connectivity index (χ4n) is 2.12. The molecule has 1 aromatic heterocycles. The molecule has 0 bridgehead atoms. The Hall–Kier alpha value is -2.55. The first-order valence-electron chi connectivity index (χ1n) is 6.02. The zero-order chi connectivity index (χ0) is 13.2. The molecule has 94 valence electrons. The predicted octanol–water partition coefficient (Wildman–Crippen LogP) is 3.73. The summed E-state index contributed by atoms with van der Waals surface area (Å²) >= 11 is 0. The molecule has 1 N–H and O–H groups in total. The van der Waals surface area contributed by atoms with Gasteiger partial charge >= 0.3 is 5.97 Å². The van der Waals surface area contributed by atoms with E-state index in [1.165, 1.54) is 5.39 Å². The molecule has 0 atom stereocenters. The van der Waals surface area contributed by atoms with Crippen LogP contribution in [0.4, 0.5) is 0 Å². The van der Waals surface area contributed by atoms with Crippen LogP contribution >= 0.6 is 0 Å². The van der Waals surface area contributed by atoms with Gasteiger partial charge in [-0.1, -0.05) is 36.4 Å². The number of hydrogen-bond acceptors (Lipinski definition) is 2. The minimum atomic E-state index is -0.889. The summed E-state index contributed by atoms with van der Waals surface area (Å²) in [5.74, 6) is 0.275. The number of rotatable bonds is 3. The Morgan fingerprint density at radius 3 is 2.58 bits per heavy atom. The van der Waals surface area contributed by atoms with Crippen LogP contribution in [0.1, 0.15) is 5.76 Å². The van der Waals surface area contributed by atoms with E-state index in [2.05, 4.69) is 6.07 Å². The van der Waals surface area contributed by atoms with Crippen molar-refractivity contribution in [2.24, 2.45) is 0 Å². The lowest BCUT2D eigenvalue weighted by Gasteiger charge is -2.01. The maximum absolute atomic E-state index is 10.6. The largest absolute Gasteiger partial charge is 0.481 e. The molecule has 0 aliphatic rings. The van der Waals surface area contributed by atoms with Crippen LogP contribution in [0.3, 0.4) is 0 Å². The highest BCUT2D eigenvalue weighted by Gasteiger charge is 2.08. The number of furan rings is 1.